The average Bonchev–Trinajstić information content (AvgIpc) is 3.00. The highest BCUT2D eigenvalue weighted by atomic mass is 79.9. The molecule has 1 saturated heterocycles. The van der Waals surface area contributed by atoms with Gasteiger partial charge in [0.2, 0.25) is 5.91 Å². The molecule has 8 heteroatoms. The van der Waals surface area contributed by atoms with E-state index in [-0.39, 0.29) is 23.8 Å². The highest BCUT2D eigenvalue weighted by molar-refractivity contribution is 9.10. The van der Waals surface area contributed by atoms with E-state index < -0.39 is 0 Å². The molecular formula is C33H40BrN3O4. The van der Waals surface area contributed by atoms with Gasteiger partial charge in [0.05, 0.1) is 14.2 Å². The minimum atomic E-state index is -0.153. The molecule has 1 aliphatic rings. The van der Waals surface area contributed by atoms with E-state index in [9.17, 15) is 9.59 Å². The topological polar surface area (TPSA) is 71.1 Å². The van der Waals surface area contributed by atoms with E-state index in [1.165, 1.54) is 5.56 Å². The van der Waals surface area contributed by atoms with Gasteiger partial charge in [0.1, 0.15) is 0 Å². The van der Waals surface area contributed by atoms with Crippen LogP contribution in [-0.2, 0) is 24.4 Å². The summed E-state index contributed by atoms with van der Waals surface area (Å²) in [5.41, 5.74) is 3.82. The van der Waals surface area contributed by atoms with Gasteiger partial charge in [-0.1, -0.05) is 60.1 Å². The third-order valence-electron chi connectivity index (χ3n) is 7.56. The van der Waals surface area contributed by atoms with E-state index >= 15 is 0 Å². The van der Waals surface area contributed by atoms with Gasteiger partial charge in [-0.3, -0.25) is 14.5 Å². The number of likely N-dealkylation sites (tertiary alicyclic amines) is 1. The summed E-state index contributed by atoms with van der Waals surface area (Å²) in [5, 5.41) is 2.97. The van der Waals surface area contributed by atoms with Crippen LogP contribution in [0.2, 0.25) is 0 Å². The van der Waals surface area contributed by atoms with Crippen LogP contribution in [0.3, 0.4) is 0 Å². The van der Waals surface area contributed by atoms with E-state index in [0.717, 1.165) is 48.1 Å². The van der Waals surface area contributed by atoms with E-state index in [1.807, 2.05) is 61.2 Å². The third-order valence-corrected chi connectivity index (χ3v) is 8.09. The van der Waals surface area contributed by atoms with Crippen LogP contribution in [0.1, 0.15) is 53.7 Å². The summed E-state index contributed by atoms with van der Waals surface area (Å²) in [7, 11) is 3.18. The standard InChI is InChI=1S/C33H40BrN3O4/c1-23(2)33(39)37(29-15-17-36(18-16-29)21-24-7-12-28(34)13-8-24)22-25-5-10-27(11-6-25)32(38)35-20-26-9-14-30(40-3)31(19-26)41-4/h5-14,19,23,29H,15-18,20-22H2,1-4H3,(H,35,38). The number of nitrogens with one attached hydrogen (secondary N) is 1. The number of hydrogen-bond acceptors (Lipinski definition) is 5. The van der Waals surface area contributed by atoms with Crippen LogP contribution < -0.4 is 14.8 Å². The summed E-state index contributed by atoms with van der Waals surface area (Å²) in [6.07, 6.45) is 1.90. The van der Waals surface area contributed by atoms with Gasteiger partial charge in [0, 0.05) is 54.7 Å². The Kier molecular flexibility index (Phi) is 10.8. The molecule has 1 heterocycles. The zero-order chi connectivity index (χ0) is 29.4. The first-order chi connectivity index (χ1) is 19.8. The van der Waals surface area contributed by atoms with Crippen molar-refractivity contribution in [2.24, 2.45) is 5.92 Å². The van der Waals surface area contributed by atoms with Gasteiger partial charge in [0.15, 0.2) is 11.5 Å². The second-order valence-electron chi connectivity index (χ2n) is 10.8. The number of carbonyl (C=O) groups is 2. The molecule has 4 rings (SSSR count). The number of ether oxygens (including phenoxy) is 2. The molecule has 0 bridgehead atoms. The summed E-state index contributed by atoms with van der Waals surface area (Å²) in [6.45, 7) is 7.69. The maximum absolute atomic E-state index is 13.3. The highest BCUT2D eigenvalue weighted by Gasteiger charge is 2.29. The second kappa shape index (κ2) is 14.5. The van der Waals surface area contributed by atoms with Gasteiger partial charge < -0.3 is 19.7 Å². The number of nitrogens with zero attached hydrogens (tertiary/aromatic N) is 2. The van der Waals surface area contributed by atoms with Crippen molar-refractivity contribution in [1.82, 2.24) is 15.1 Å². The van der Waals surface area contributed by atoms with Crippen LogP contribution in [0.4, 0.5) is 0 Å². The van der Waals surface area contributed by atoms with E-state index in [4.69, 9.17) is 9.47 Å². The molecule has 1 fully saturated rings. The summed E-state index contributed by atoms with van der Waals surface area (Å²) < 4.78 is 11.7. The molecule has 3 aromatic carbocycles. The first-order valence-corrected chi connectivity index (χ1v) is 14.9. The van der Waals surface area contributed by atoms with E-state index in [2.05, 4.69) is 50.4 Å². The van der Waals surface area contributed by atoms with Crippen molar-refractivity contribution >= 4 is 27.7 Å². The molecule has 0 unspecified atom stereocenters. The number of methoxy groups -OCH3 is 2. The Balaban J connectivity index is 1.34. The zero-order valence-corrected chi connectivity index (χ0v) is 25.9. The van der Waals surface area contributed by atoms with Crippen molar-refractivity contribution in [2.75, 3.05) is 27.3 Å². The molecule has 1 aliphatic heterocycles. The minimum Gasteiger partial charge on any atom is -0.493 e. The minimum absolute atomic E-state index is 0.0718. The predicted molar refractivity (Wildman–Crippen MR) is 165 cm³/mol. The van der Waals surface area contributed by atoms with Gasteiger partial charge in [0.25, 0.3) is 5.91 Å². The Morgan fingerprint density at radius 1 is 0.902 bits per heavy atom. The van der Waals surface area contributed by atoms with Crippen LogP contribution in [0.15, 0.2) is 71.2 Å². The largest absolute Gasteiger partial charge is 0.493 e. The average molecular weight is 623 g/mol. The van der Waals surface area contributed by atoms with Crippen molar-refractivity contribution in [3.05, 3.63) is 93.5 Å². The molecule has 0 spiro atoms. The molecule has 0 aromatic heterocycles. The van der Waals surface area contributed by atoms with Crippen molar-refractivity contribution in [1.29, 1.82) is 0 Å². The van der Waals surface area contributed by atoms with Crippen LogP contribution >= 0.6 is 15.9 Å². The fourth-order valence-corrected chi connectivity index (χ4v) is 5.45. The van der Waals surface area contributed by atoms with Crippen molar-refractivity contribution < 1.29 is 19.1 Å². The molecule has 0 atom stereocenters. The lowest BCUT2D eigenvalue weighted by Gasteiger charge is -2.39. The molecule has 0 saturated carbocycles. The van der Waals surface area contributed by atoms with Gasteiger partial charge in [-0.15, -0.1) is 0 Å². The van der Waals surface area contributed by atoms with E-state index in [1.54, 1.807) is 14.2 Å². The van der Waals surface area contributed by atoms with E-state index in [0.29, 0.717) is 30.2 Å². The monoisotopic (exact) mass is 621 g/mol. The third kappa shape index (κ3) is 8.33. The lowest BCUT2D eigenvalue weighted by molar-refractivity contribution is -0.138. The van der Waals surface area contributed by atoms with Gasteiger partial charge in [-0.2, -0.15) is 0 Å². The maximum Gasteiger partial charge on any atom is 0.251 e. The molecule has 1 N–H and O–H groups in total. The number of rotatable bonds is 11. The summed E-state index contributed by atoms with van der Waals surface area (Å²) in [4.78, 5) is 30.6. The Hall–Kier alpha value is -3.36. The number of halogens is 1. The lowest BCUT2D eigenvalue weighted by Crippen LogP contribution is -2.48. The SMILES string of the molecule is COc1ccc(CNC(=O)c2ccc(CN(C(=O)C(C)C)C3CCN(Cc4ccc(Br)cc4)CC3)cc2)cc1OC. The summed E-state index contributed by atoms with van der Waals surface area (Å²) in [6, 6.07) is 21.8. The maximum atomic E-state index is 13.3. The summed E-state index contributed by atoms with van der Waals surface area (Å²) >= 11 is 3.50. The Morgan fingerprint density at radius 2 is 1.51 bits per heavy atom. The normalized spacial score (nSPS) is 14.1. The Bertz CT molecular complexity index is 1300. The molecule has 218 valence electrons. The van der Waals surface area contributed by atoms with Crippen molar-refractivity contribution in [3.8, 4) is 11.5 Å². The van der Waals surface area contributed by atoms with Crippen LogP contribution in [0.25, 0.3) is 0 Å². The number of benzene rings is 3. The Morgan fingerprint density at radius 3 is 2.12 bits per heavy atom. The lowest BCUT2D eigenvalue weighted by atomic mass is 9.99. The summed E-state index contributed by atoms with van der Waals surface area (Å²) in [5.74, 6) is 1.22. The molecule has 0 radical (unpaired) electrons. The molecule has 2 amide bonds. The highest BCUT2D eigenvalue weighted by Crippen LogP contribution is 2.27. The molecule has 3 aromatic rings. The van der Waals surface area contributed by atoms with Crippen LogP contribution in [0.5, 0.6) is 11.5 Å². The van der Waals surface area contributed by atoms with Gasteiger partial charge in [-0.25, -0.2) is 0 Å². The number of piperidine rings is 1. The second-order valence-corrected chi connectivity index (χ2v) is 11.7. The smallest absolute Gasteiger partial charge is 0.251 e. The molecule has 41 heavy (non-hydrogen) atoms. The quantitative estimate of drug-likeness (QED) is 0.282. The Labute approximate surface area is 252 Å². The molecule has 7 nitrogen and oxygen atoms in total. The fraction of sp³-hybridized carbons (Fsp3) is 0.394. The first kappa shape index (κ1) is 30.6. The molecule has 0 aliphatic carbocycles. The van der Waals surface area contributed by atoms with Crippen molar-refractivity contribution in [3.63, 3.8) is 0 Å². The van der Waals surface area contributed by atoms with Crippen LogP contribution in [-0.4, -0.2) is 55.0 Å². The van der Waals surface area contributed by atoms with Crippen LogP contribution in [0, 0.1) is 5.92 Å². The first-order valence-electron chi connectivity index (χ1n) is 14.1. The van der Waals surface area contributed by atoms with Gasteiger partial charge >= 0.3 is 0 Å². The number of amides is 2. The van der Waals surface area contributed by atoms with Crippen molar-refractivity contribution in [2.45, 2.75) is 52.4 Å². The van der Waals surface area contributed by atoms with Gasteiger partial charge in [-0.05, 0) is 65.9 Å². The number of carbonyl (C=O) groups excluding carboxylic acids is 2. The zero-order valence-electron chi connectivity index (χ0n) is 24.4. The predicted octanol–water partition coefficient (Wildman–Crippen LogP) is 6.05. The molecular weight excluding hydrogens is 582 g/mol. The number of hydrogen-bond donors (Lipinski definition) is 1. The fourth-order valence-electron chi connectivity index (χ4n) is 5.19.